The third kappa shape index (κ3) is 4.13. The molecule has 0 aliphatic rings. The molecule has 0 saturated carbocycles. The zero-order valence-electron chi connectivity index (χ0n) is 17.1. The van der Waals surface area contributed by atoms with Gasteiger partial charge in [-0.1, -0.05) is 55.4 Å². The predicted molar refractivity (Wildman–Crippen MR) is 121 cm³/mol. The van der Waals surface area contributed by atoms with Crippen molar-refractivity contribution in [3.63, 3.8) is 0 Å². The second kappa shape index (κ2) is 8.61. The molecule has 9 heteroatoms. The van der Waals surface area contributed by atoms with Gasteiger partial charge in [-0.05, 0) is 29.9 Å². The lowest BCUT2D eigenvalue weighted by molar-refractivity contribution is -0.118. The van der Waals surface area contributed by atoms with Crippen molar-refractivity contribution in [3.8, 4) is 0 Å². The van der Waals surface area contributed by atoms with E-state index in [1.807, 2.05) is 47.0 Å². The van der Waals surface area contributed by atoms with Crippen molar-refractivity contribution in [2.45, 2.75) is 39.0 Å². The van der Waals surface area contributed by atoms with Crippen LogP contribution < -0.4 is 10.9 Å². The van der Waals surface area contributed by atoms with Crippen LogP contribution in [0.5, 0.6) is 0 Å². The van der Waals surface area contributed by atoms with Crippen molar-refractivity contribution >= 4 is 45.0 Å². The standard InChI is InChI=1S/C21H23N5O2S2/c1-13(2)11-25-19(28)18-16(8-9-29-18)26-20(25)23-24-21(26)30-12-17(27)22-10-15-6-4-14(3)5-7-15/h4-9,13H,10-12H2,1-3H3,(H,22,27). The molecule has 0 spiro atoms. The number of aryl methyl sites for hydroxylation is 1. The summed E-state index contributed by atoms with van der Waals surface area (Å²) >= 11 is 2.74. The van der Waals surface area contributed by atoms with Crippen LogP contribution in [-0.4, -0.2) is 30.8 Å². The van der Waals surface area contributed by atoms with Gasteiger partial charge >= 0.3 is 0 Å². The average molecular weight is 442 g/mol. The van der Waals surface area contributed by atoms with Crippen LogP contribution in [0.15, 0.2) is 45.7 Å². The van der Waals surface area contributed by atoms with Gasteiger partial charge in [-0.25, -0.2) is 0 Å². The fourth-order valence-corrected chi connectivity index (χ4v) is 4.80. The van der Waals surface area contributed by atoms with Gasteiger partial charge in [0.05, 0.1) is 11.3 Å². The van der Waals surface area contributed by atoms with Gasteiger partial charge in [-0.15, -0.1) is 21.5 Å². The molecule has 0 fully saturated rings. The van der Waals surface area contributed by atoms with E-state index < -0.39 is 0 Å². The zero-order chi connectivity index (χ0) is 21.3. The highest BCUT2D eigenvalue weighted by atomic mass is 32.2. The number of aromatic nitrogens is 4. The number of benzene rings is 1. The van der Waals surface area contributed by atoms with E-state index >= 15 is 0 Å². The third-order valence-electron chi connectivity index (χ3n) is 4.67. The van der Waals surface area contributed by atoms with Gasteiger partial charge in [-0.2, -0.15) is 0 Å². The predicted octanol–water partition coefficient (Wildman–Crippen LogP) is 3.48. The molecule has 1 amide bonds. The first kappa shape index (κ1) is 20.6. The number of carbonyl (C=O) groups is 1. The molecule has 1 aromatic carbocycles. The number of rotatable bonds is 7. The highest BCUT2D eigenvalue weighted by Crippen LogP contribution is 2.24. The fraction of sp³-hybridized carbons (Fsp3) is 0.333. The van der Waals surface area contributed by atoms with Crippen LogP contribution >= 0.6 is 23.1 Å². The zero-order valence-corrected chi connectivity index (χ0v) is 18.7. The van der Waals surface area contributed by atoms with Gasteiger partial charge in [0, 0.05) is 13.1 Å². The summed E-state index contributed by atoms with van der Waals surface area (Å²) < 4.78 is 4.24. The summed E-state index contributed by atoms with van der Waals surface area (Å²) in [5.74, 6) is 0.961. The Labute approximate surface area is 182 Å². The number of thiophene rings is 1. The molecule has 0 unspecified atom stereocenters. The molecule has 4 rings (SSSR count). The number of amides is 1. The van der Waals surface area contributed by atoms with Crippen molar-refractivity contribution < 1.29 is 4.79 Å². The monoisotopic (exact) mass is 441 g/mol. The normalized spacial score (nSPS) is 11.6. The quantitative estimate of drug-likeness (QED) is 0.444. The van der Waals surface area contributed by atoms with Crippen LogP contribution in [0.25, 0.3) is 16.0 Å². The van der Waals surface area contributed by atoms with Crippen molar-refractivity contribution in [2.24, 2.45) is 5.92 Å². The Morgan fingerprint density at radius 2 is 1.97 bits per heavy atom. The Balaban J connectivity index is 1.54. The molecular formula is C21H23N5O2S2. The van der Waals surface area contributed by atoms with E-state index in [9.17, 15) is 9.59 Å². The lowest BCUT2D eigenvalue weighted by atomic mass is 10.1. The van der Waals surface area contributed by atoms with E-state index in [1.54, 1.807) is 4.57 Å². The summed E-state index contributed by atoms with van der Waals surface area (Å²) in [7, 11) is 0. The Bertz CT molecular complexity index is 1250. The van der Waals surface area contributed by atoms with Gasteiger partial charge in [0.25, 0.3) is 5.56 Å². The van der Waals surface area contributed by atoms with E-state index in [-0.39, 0.29) is 17.2 Å². The maximum atomic E-state index is 12.9. The highest BCUT2D eigenvalue weighted by molar-refractivity contribution is 7.99. The second-order valence-corrected chi connectivity index (χ2v) is 9.47. The summed E-state index contributed by atoms with van der Waals surface area (Å²) in [6.07, 6.45) is 0. The number of nitrogens with one attached hydrogen (secondary N) is 1. The SMILES string of the molecule is Cc1ccc(CNC(=O)CSc2nnc3n(CC(C)C)c(=O)c4sccc4n23)cc1. The number of hydrogen-bond donors (Lipinski definition) is 1. The average Bonchev–Trinajstić information content (AvgIpc) is 3.36. The van der Waals surface area contributed by atoms with Gasteiger partial charge in [0.1, 0.15) is 4.70 Å². The number of nitrogens with zero attached hydrogens (tertiary/aromatic N) is 4. The lowest BCUT2D eigenvalue weighted by Gasteiger charge is -2.11. The van der Waals surface area contributed by atoms with Crippen molar-refractivity contribution in [1.82, 2.24) is 24.5 Å². The topological polar surface area (TPSA) is 81.3 Å². The molecule has 3 heterocycles. The first-order chi connectivity index (χ1) is 14.4. The second-order valence-electron chi connectivity index (χ2n) is 7.61. The minimum atomic E-state index is -0.0746. The Hall–Kier alpha value is -2.65. The van der Waals surface area contributed by atoms with Crippen LogP contribution in [0, 0.1) is 12.8 Å². The maximum absolute atomic E-state index is 12.9. The molecule has 156 valence electrons. The van der Waals surface area contributed by atoms with Gasteiger partial charge < -0.3 is 5.32 Å². The van der Waals surface area contributed by atoms with E-state index in [0.29, 0.717) is 34.6 Å². The molecule has 0 radical (unpaired) electrons. The summed E-state index contributed by atoms with van der Waals surface area (Å²) in [5, 5.41) is 14.0. The number of carbonyl (C=O) groups excluding carboxylic acids is 1. The molecule has 4 aromatic rings. The van der Waals surface area contributed by atoms with Crippen molar-refractivity contribution in [1.29, 1.82) is 0 Å². The summed E-state index contributed by atoms with van der Waals surface area (Å²) in [5.41, 5.74) is 2.99. The van der Waals surface area contributed by atoms with Gasteiger partial charge in [-0.3, -0.25) is 18.6 Å². The molecular weight excluding hydrogens is 418 g/mol. The van der Waals surface area contributed by atoms with Crippen LogP contribution in [-0.2, 0) is 17.9 Å². The lowest BCUT2D eigenvalue weighted by Crippen LogP contribution is -2.25. The number of fused-ring (bicyclic) bond motifs is 3. The van der Waals surface area contributed by atoms with E-state index in [0.717, 1.165) is 11.1 Å². The maximum Gasteiger partial charge on any atom is 0.272 e. The molecule has 0 atom stereocenters. The summed E-state index contributed by atoms with van der Waals surface area (Å²) in [6.45, 7) is 7.21. The molecule has 30 heavy (non-hydrogen) atoms. The Morgan fingerprint density at radius 3 is 2.70 bits per heavy atom. The van der Waals surface area contributed by atoms with Crippen LogP contribution in [0.3, 0.4) is 0 Å². The first-order valence-corrected chi connectivity index (χ1v) is 11.6. The van der Waals surface area contributed by atoms with E-state index in [4.69, 9.17) is 0 Å². The van der Waals surface area contributed by atoms with Crippen molar-refractivity contribution in [2.75, 3.05) is 5.75 Å². The van der Waals surface area contributed by atoms with Crippen LogP contribution in [0.4, 0.5) is 0 Å². The Morgan fingerprint density at radius 1 is 1.20 bits per heavy atom. The minimum absolute atomic E-state index is 0.0407. The van der Waals surface area contributed by atoms with Crippen LogP contribution in [0.1, 0.15) is 25.0 Å². The van der Waals surface area contributed by atoms with Gasteiger partial charge in [0.2, 0.25) is 11.7 Å². The molecule has 7 nitrogen and oxygen atoms in total. The highest BCUT2D eigenvalue weighted by Gasteiger charge is 2.19. The summed E-state index contributed by atoms with van der Waals surface area (Å²) in [4.78, 5) is 25.2. The largest absolute Gasteiger partial charge is 0.351 e. The van der Waals surface area contributed by atoms with E-state index in [1.165, 1.54) is 28.7 Å². The molecule has 0 bridgehead atoms. The Kier molecular flexibility index (Phi) is 5.92. The van der Waals surface area contributed by atoms with Crippen LogP contribution in [0.2, 0.25) is 0 Å². The summed E-state index contributed by atoms with van der Waals surface area (Å²) in [6, 6.07) is 9.98. The molecule has 3 aromatic heterocycles. The molecule has 0 aliphatic carbocycles. The van der Waals surface area contributed by atoms with Crippen molar-refractivity contribution in [3.05, 3.63) is 57.2 Å². The molecule has 0 saturated heterocycles. The van der Waals surface area contributed by atoms with Gasteiger partial charge in [0.15, 0.2) is 5.16 Å². The number of hydrogen-bond acceptors (Lipinski definition) is 6. The first-order valence-electron chi connectivity index (χ1n) is 9.74. The molecule has 1 N–H and O–H groups in total. The third-order valence-corrected chi connectivity index (χ3v) is 6.49. The molecule has 0 aliphatic heterocycles. The number of thioether (sulfide) groups is 1. The fourth-order valence-electron chi connectivity index (χ4n) is 3.21. The minimum Gasteiger partial charge on any atom is -0.351 e. The van der Waals surface area contributed by atoms with E-state index in [2.05, 4.69) is 29.4 Å². The smallest absolute Gasteiger partial charge is 0.272 e.